The fraction of sp³-hybridized carbons (Fsp3) is 0.600. The Hall–Kier alpha value is -2.92. The Morgan fingerprint density at radius 2 is 0.978 bits per heavy atom. The van der Waals surface area contributed by atoms with Crippen LogP contribution in [-0.4, -0.2) is 36.4 Å². The van der Waals surface area contributed by atoms with Crippen LogP contribution in [0.15, 0.2) is 85.1 Å². The highest BCUT2D eigenvalue weighted by Crippen LogP contribution is 2.09. The van der Waals surface area contributed by atoms with Crippen molar-refractivity contribution in [3.63, 3.8) is 0 Å². The van der Waals surface area contributed by atoms with Crippen LogP contribution < -0.4 is 0 Å². The van der Waals surface area contributed by atoms with Crippen LogP contribution >= 0.6 is 0 Å². The van der Waals surface area contributed by atoms with Gasteiger partial charge in [0, 0.05) is 12.8 Å². The fourth-order valence-electron chi connectivity index (χ4n) is 4.25. The van der Waals surface area contributed by atoms with Gasteiger partial charge in [-0.3, -0.25) is 9.59 Å². The van der Waals surface area contributed by atoms with Crippen molar-refractivity contribution in [1.29, 1.82) is 0 Å². The van der Waals surface area contributed by atoms with Crippen LogP contribution in [0.5, 0.6) is 0 Å². The van der Waals surface area contributed by atoms with Crippen molar-refractivity contribution in [2.45, 2.75) is 142 Å². The lowest BCUT2D eigenvalue weighted by atomic mass is 10.1. The Bertz CT molecular complexity index is 890. The van der Waals surface area contributed by atoms with Crippen molar-refractivity contribution in [1.82, 2.24) is 0 Å². The summed E-state index contributed by atoms with van der Waals surface area (Å²) in [5.41, 5.74) is 0. The van der Waals surface area contributed by atoms with E-state index in [1.165, 1.54) is 25.7 Å². The van der Waals surface area contributed by atoms with Crippen LogP contribution in [-0.2, 0) is 19.1 Å². The Morgan fingerprint density at radius 1 is 0.533 bits per heavy atom. The molecule has 0 aromatic carbocycles. The van der Waals surface area contributed by atoms with E-state index in [0.29, 0.717) is 12.8 Å². The number of rotatable bonds is 30. The maximum absolute atomic E-state index is 12.1. The molecule has 0 aliphatic carbocycles. The number of ether oxygens (including phenoxy) is 2. The van der Waals surface area contributed by atoms with Gasteiger partial charge in [-0.2, -0.15) is 0 Å². The zero-order valence-corrected chi connectivity index (χ0v) is 28.6. The first-order valence-electron chi connectivity index (χ1n) is 17.6. The summed E-state index contributed by atoms with van der Waals surface area (Å²) in [5, 5.41) is 9.51. The second kappa shape index (κ2) is 35.6. The first kappa shape index (κ1) is 42.1. The van der Waals surface area contributed by atoms with Gasteiger partial charge in [0.15, 0.2) is 6.10 Å². The smallest absolute Gasteiger partial charge is 0.306 e. The third-order valence-electron chi connectivity index (χ3n) is 6.92. The van der Waals surface area contributed by atoms with Crippen molar-refractivity contribution in [2.24, 2.45) is 0 Å². The van der Waals surface area contributed by atoms with Gasteiger partial charge in [0.25, 0.3) is 0 Å². The normalized spacial score (nSPS) is 13.2. The molecule has 254 valence electrons. The first-order valence-corrected chi connectivity index (χ1v) is 17.6. The first-order chi connectivity index (χ1) is 22.1. The highest BCUT2D eigenvalue weighted by Gasteiger charge is 2.15. The van der Waals surface area contributed by atoms with Crippen LogP contribution in [0.4, 0.5) is 0 Å². The van der Waals surface area contributed by atoms with Crippen LogP contribution in [0.2, 0.25) is 0 Å². The van der Waals surface area contributed by atoms with Gasteiger partial charge in [-0.15, -0.1) is 0 Å². The molecule has 0 saturated carbocycles. The van der Waals surface area contributed by atoms with Gasteiger partial charge in [-0.25, -0.2) is 0 Å². The summed E-state index contributed by atoms with van der Waals surface area (Å²) in [7, 11) is 0. The summed E-state index contributed by atoms with van der Waals surface area (Å²) < 4.78 is 10.5. The molecule has 5 heteroatoms. The summed E-state index contributed by atoms with van der Waals surface area (Å²) in [6, 6.07) is 0. The molecular formula is C40H64O5. The SMILES string of the molecule is CC/C=C\C/C=C\C/C=C\C/C=C\C/C=C\CCCC(=O)O[C@@H](CO)COC(=O)CCCCCCC/C=C\C/C=C\CCCC. The Labute approximate surface area is 275 Å². The van der Waals surface area contributed by atoms with E-state index < -0.39 is 6.10 Å². The highest BCUT2D eigenvalue weighted by molar-refractivity contribution is 5.70. The molecule has 1 atom stereocenters. The molecule has 0 aliphatic rings. The molecular weight excluding hydrogens is 560 g/mol. The average molecular weight is 625 g/mol. The van der Waals surface area contributed by atoms with Crippen LogP contribution in [0.1, 0.15) is 136 Å². The van der Waals surface area contributed by atoms with E-state index in [-0.39, 0.29) is 31.6 Å². The van der Waals surface area contributed by atoms with Crippen molar-refractivity contribution in [3.8, 4) is 0 Å². The van der Waals surface area contributed by atoms with Gasteiger partial charge < -0.3 is 14.6 Å². The molecule has 5 nitrogen and oxygen atoms in total. The standard InChI is InChI=1S/C40H64O5/c1-3-5-7-9-11-13-15-17-19-20-21-23-25-27-29-31-33-35-40(43)45-38(36-41)37-44-39(42)34-32-30-28-26-24-22-18-16-14-12-10-8-6-4-2/h5,7,10-13,16-19,21,23,27,29,38,41H,3-4,6,8-9,14-15,20,22,24-26,28,30-37H2,1-2H3/b7-5-,12-10-,13-11-,18-16-,19-17-,23-21-,29-27-/t38-/m0/s1. The number of aliphatic hydroxyl groups excluding tert-OH is 1. The van der Waals surface area contributed by atoms with E-state index >= 15 is 0 Å². The van der Waals surface area contributed by atoms with Crippen LogP contribution in [0.25, 0.3) is 0 Å². The van der Waals surface area contributed by atoms with E-state index in [0.717, 1.165) is 77.0 Å². The van der Waals surface area contributed by atoms with Gasteiger partial charge in [0.05, 0.1) is 6.61 Å². The zero-order chi connectivity index (χ0) is 32.9. The van der Waals surface area contributed by atoms with Crippen molar-refractivity contribution < 1.29 is 24.2 Å². The molecule has 45 heavy (non-hydrogen) atoms. The molecule has 0 unspecified atom stereocenters. The van der Waals surface area contributed by atoms with Gasteiger partial charge in [-0.1, -0.05) is 131 Å². The lowest BCUT2D eigenvalue weighted by Gasteiger charge is -2.15. The number of carbonyl (C=O) groups excluding carboxylic acids is 2. The number of hydrogen-bond donors (Lipinski definition) is 1. The molecule has 1 N–H and O–H groups in total. The topological polar surface area (TPSA) is 72.8 Å². The van der Waals surface area contributed by atoms with Gasteiger partial charge in [0.2, 0.25) is 0 Å². The Morgan fingerprint density at radius 3 is 1.51 bits per heavy atom. The molecule has 0 fully saturated rings. The lowest BCUT2D eigenvalue weighted by Crippen LogP contribution is -2.28. The summed E-state index contributed by atoms with van der Waals surface area (Å²) in [4.78, 5) is 24.1. The minimum Gasteiger partial charge on any atom is -0.462 e. The molecule has 0 spiro atoms. The van der Waals surface area contributed by atoms with Crippen LogP contribution in [0.3, 0.4) is 0 Å². The minimum absolute atomic E-state index is 0.101. The quantitative estimate of drug-likeness (QED) is 0.0489. The van der Waals surface area contributed by atoms with E-state index in [4.69, 9.17) is 9.47 Å². The number of unbranched alkanes of at least 4 members (excludes halogenated alkanes) is 8. The second-order valence-corrected chi connectivity index (χ2v) is 11.2. The van der Waals surface area contributed by atoms with Crippen molar-refractivity contribution in [3.05, 3.63) is 85.1 Å². The predicted molar refractivity (Wildman–Crippen MR) is 191 cm³/mol. The molecule has 0 amide bonds. The van der Waals surface area contributed by atoms with Gasteiger partial charge in [-0.05, 0) is 77.0 Å². The number of allylic oxidation sites excluding steroid dienone is 14. The Kier molecular flexibility index (Phi) is 33.3. The van der Waals surface area contributed by atoms with Crippen molar-refractivity contribution in [2.75, 3.05) is 13.2 Å². The number of carbonyl (C=O) groups is 2. The Balaban J connectivity index is 3.75. The lowest BCUT2D eigenvalue weighted by molar-refractivity contribution is -0.161. The second-order valence-electron chi connectivity index (χ2n) is 11.2. The molecule has 0 saturated heterocycles. The van der Waals surface area contributed by atoms with E-state index in [9.17, 15) is 14.7 Å². The third kappa shape index (κ3) is 33.8. The molecule has 0 heterocycles. The van der Waals surface area contributed by atoms with Crippen molar-refractivity contribution >= 4 is 11.9 Å². The largest absolute Gasteiger partial charge is 0.462 e. The van der Waals surface area contributed by atoms with Crippen LogP contribution in [0, 0.1) is 0 Å². The van der Waals surface area contributed by atoms with Gasteiger partial charge in [0.1, 0.15) is 6.61 Å². The third-order valence-corrected chi connectivity index (χ3v) is 6.92. The predicted octanol–water partition coefficient (Wildman–Crippen LogP) is 10.8. The fourth-order valence-corrected chi connectivity index (χ4v) is 4.25. The van der Waals surface area contributed by atoms with E-state index in [1.807, 2.05) is 0 Å². The zero-order valence-electron chi connectivity index (χ0n) is 28.6. The molecule has 0 aromatic heterocycles. The van der Waals surface area contributed by atoms with Gasteiger partial charge >= 0.3 is 11.9 Å². The summed E-state index contributed by atoms with van der Waals surface area (Å²) >= 11 is 0. The van der Waals surface area contributed by atoms with E-state index in [1.54, 1.807) is 0 Å². The number of aliphatic hydroxyl groups is 1. The molecule has 0 rings (SSSR count). The molecule has 0 bridgehead atoms. The molecule has 0 radical (unpaired) electrons. The monoisotopic (exact) mass is 624 g/mol. The maximum atomic E-state index is 12.1. The minimum atomic E-state index is -0.810. The average Bonchev–Trinajstić information content (AvgIpc) is 3.04. The molecule has 0 aromatic rings. The maximum Gasteiger partial charge on any atom is 0.306 e. The number of hydrogen-bond acceptors (Lipinski definition) is 5. The summed E-state index contributed by atoms with van der Waals surface area (Å²) in [6.07, 6.45) is 47.8. The number of esters is 2. The highest BCUT2D eigenvalue weighted by atomic mass is 16.6. The summed E-state index contributed by atoms with van der Waals surface area (Å²) in [6.45, 7) is 3.89. The summed E-state index contributed by atoms with van der Waals surface area (Å²) in [5.74, 6) is -0.687. The van der Waals surface area contributed by atoms with E-state index in [2.05, 4.69) is 98.9 Å². The molecule has 0 aliphatic heterocycles.